The second kappa shape index (κ2) is 4.45. The van der Waals surface area contributed by atoms with Crippen molar-refractivity contribution in [1.82, 2.24) is 5.32 Å². The number of hydrogen-bond acceptors (Lipinski definition) is 3. The number of rotatable bonds is 1. The van der Waals surface area contributed by atoms with E-state index in [4.69, 9.17) is 0 Å². The van der Waals surface area contributed by atoms with E-state index in [1.165, 1.54) is 12.8 Å². The smallest absolute Gasteiger partial charge is 0.548 e. The molecule has 2 radical (unpaired) electrons. The van der Waals surface area contributed by atoms with Gasteiger partial charge in [0.15, 0.2) is 0 Å². The van der Waals surface area contributed by atoms with Gasteiger partial charge < -0.3 is 15.2 Å². The van der Waals surface area contributed by atoms with Gasteiger partial charge in [0.1, 0.15) is 0 Å². The van der Waals surface area contributed by atoms with Gasteiger partial charge in [0, 0.05) is 6.42 Å². The summed E-state index contributed by atoms with van der Waals surface area (Å²) in [6.45, 7) is 0. The largest absolute Gasteiger partial charge is 1.00 e. The average Bonchev–Trinajstić information content (AvgIpc) is 2.14. The molecule has 4 nitrogen and oxygen atoms in total. The summed E-state index contributed by atoms with van der Waals surface area (Å²) < 4.78 is 0. The van der Waals surface area contributed by atoms with E-state index in [0.717, 1.165) is 0 Å². The van der Waals surface area contributed by atoms with E-state index in [-0.39, 0.29) is 57.3 Å². The maximum atomic E-state index is 10.3. The Kier molecular flexibility index (Phi) is 4.71. The third-order valence-corrected chi connectivity index (χ3v) is 0.992. The molecule has 10 heavy (non-hydrogen) atoms. The van der Waals surface area contributed by atoms with Crippen LogP contribution in [0.25, 0.3) is 0 Å². The number of carbonyl (C=O) groups is 2. The molecule has 0 bridgehead atoms. The molecule has 1 N–H and O–H groups in total. The van der Waals surface area contributed by atoms with Crippen molar-refractivity contribution in [2.75, 3.05) is 0 Å². The Morgan fingerprint density at radius 1 is 1.70 bits per heavy atom. The first kappa shape index (κ1) is 10.6. The van der Waals surface area contributed by atoms with Gasteiger partial charge in [0.05, 0.1) is 18.4 Å². The van der Waals surface area contributed by atoms with E-state index in [0.29, 0.717) is 0 Å². The Morgan fingerprint density at radius 3 is 2.50 bits per heavy atom. The molecule has 1 aliphatic heterocycles. The van der Waals surface area contributed by atoms with Gasteiger partial charge in [-0.2, -0.15) is 0 Å². The molecule has 1 aliphatic rings. The predicted octanol–water partition coefficient (Wildman–Crippen LogP) is -5.35. The van der Waals surface area contributed by atoms with Crippen LogP contribution in [0.15, 0.2) is 0 Å². The molecule has 5 heteroatoms. The monoisotopic (exact) mass is 165 g/mol. The quantitative estimate of drug-likeness (QED) is 0.394. The number of amides is 1. The van der Waals surface area contributed by atoms with Gasteiger partial charge in [-0.15, -0.1) is 0 Å². The topological polar surface area (TPSA) is 69.2 Å². The minimum atomic E-state index is -1.28. The van der Waals surface area contributed by atoms with Crippen molar-refractivity contribution in [3.63, 3.8) is 0 Å². The zero-order chi connectivity index (χ0) is 6.85. The van der Waals surface area contributed by atoms with Crippen molar-refractivity contribution in [2.45, 2.75) is 6.04 Å². The number of carboxylic acid groups (broad SMARTS) is 1. The van der Waals surface area contributed by atoms with Gasteiger partial charge in [0.25, 0.3) is 0 Å². The van der Waals surface area contributed by atoms with Crippen molar-refractivity contribution < 1.29 is 66.1 Å². The molecule has 0 saturated carbocycles. The molecule has 1 rings (SSSR count). The number of nitrogens with one attached hydrogen (secondary N) is 1. The second-order valence-corrected chi connectivity index (χ2v) is 1.66. The van der Waals surface area contributed by atoms with Crippen LogP contribution < -0.4 is 61.8 Å². The average molecular weight is 165 g/mol. The van der Waals surface area contributed by atoms with Gasteiger partial charge in [-0.05, 0) is 0 Å². The number of carboxylic acids is 1. The SMILES string of the molecule is O=C1[CH][CH]C(C(=O)[O-])N1.[K+]. The van der Waals surface area contributed by atoms with E-state index >= 15 is 0 Å². The van der Waals surface area contributed by atoms with Crippen LogP contribution in [0, 0.1) is 12.8 Å². The first-order valence-corrected chi connectivity index (χ1v) is 2.40. The van der Waals surface area contributed by atoms with Gasteiger partial charge in [-0.25, -0.2) is 0 Å². The van der Waals surface area contributed by atoms with Crippen LogP contribution in [0.3, 0.4) is 0 Å². The molecule has 1 unspecified atom stereocenters. The molecule has 0 aromatic carbocycles. The van der Waals surface area contributed by atoms with Crippen LogP contribution >= 0.6 is 0 Å². The van der Waals surface area contributed by atoms with Crippen molar-refractivity contribution in [2.24, 2.45) is 0 Å². The Hall–Kier alpha value is 0.576. The summed E-state index contributed by atoms with van der Waals surface area (Å²) in [5.74, 6) is -1.67. The fraction of sp³-hybridized carbons (Fsp3) is 0.200. The Balaban J connectivity index is 0.000000810. The Morgan fingerprint density at radius 2 is 2.30 bits per heavy atom. The van der Waals surface area contributed by atoms with E-state index in [2.05, 4.69) is 5.32 Å². The van der Waals surface area contributed by atoms with Crippen LogP contribution in [0.4, 0.5) is 0 Å². The van der Waals surface area contributed by atoms with Crippen LogP contribution in [0.2, 0.25) is 0 Å². The van der Waals surface area contributed by atoms with Crippen LogP contribution in [-0.4, -0.2) is 17.9 Å². The summed E-state index contributed by atoms with van der Waals surface area (Å²) in [5, 5.41) is 12.1. The van der Waals surface area contributed by atoms with Gasteiger partial charge >= 0.3 is 51.4 Å². The van der Waals surface area contributed by atoms with Crippen molar-refractivity contribution in [1.29, 1.82) is 0 Å². The van der Waals surface area contributed by atoms with Crippen molar-refractivity contribution in [3.8, 4) is 0 Å². The van der Waals surface area contributed by atoms with Crippen molar-refractivity contribution in [3.05, 3.63) is 12.8 Å². The normalized spacial score (nSPS) is 23.2. The Labute approximate surface area is 101 Å². The van der Waals surface area contributed by atoms with Crippen molar-refractivity contribution >= 4 is 11.9 Å². The maximum Gasteiger partial charge on any atom is 1.00 e. The zero-order valence-electron chi connectivity index (χ0n) is 5.46. The molecular formula is C5H4KNO3. The fourth-order valence-electron chi connectivity index (χ4n) is 0.571. The van der Waals surface area contributed by atoms with Crippen LogP contribution in [-0.2, 0) is 9.59 Å². The standard InChI is InChI=1S/C5H5NO3.K/c7-4-2-1-3(6-4)5(8)9;/h1-3H,(H,6,7)(H,8,9);/q;+1/p-1. The Bertz CT molecular complexity index is 159. The molecule has 1 atom stereocenters. The van der Waals surface area contributed by atoms with Crippen LogP contribution in [0.1, 0.15) is 0 Å². The summed E-state index contributed by atoms with van der Waals surface area (Å²) >= 11 is 0. The molecule has 0 aromatic rings. The summed E-state index contributed by atoms with van der Waals surface area (Å²) in [4.78, 5) is 20.2. The fourth-order valence-corrected chi connectivity index (χ4v) is 0.571. The maximum absolute atomic E-state index is 10.3. The second-order valence-electron chi connectivity index (χ2n) is 1.66. The summed E-state index contributed by atoms with van der Waals surface area (Å²) in [5.41, 5.74) is 0. The van der Waals surface area contributed by atoms with E-state index in [9.17, 15) is 14.7 Å². The van der Waals surface area contributed by atoms with Gasteiger partial charge in [0.2, 0.25) is 5.91 Å². The molecule has 1 fully saturated rings. The minimum absolute atomic E-state index is 0. The predicted molar refractivity (Wildman–Crippen MR) is 25.5 cm³/mol. The summed E-state index contributed by atoms with van der Waals surface area (Å²) in [6, 6.07) is -0.933. The molecule has 0 spiro atoms. The summed E-state index contributed by atoms with van der Waals surface area (Å²) in [6.07, 6.45) is 2.41. The van der Waals surface area contributed by atoms with E-state index < -0.39 is 12.0 Å². The number of aliphatic carboxylic acids is 1. The third kappa shape index (κ3) is 2.67. The minimum Gasteiger partial charge on any atom is -0.548 e. The first-order valence-electron chi connectivity index (χ1n) is 2.40. The third-order valence-electron chi connectivity index (χ3n) is 0.992. The number of hydrogen-bond donors (Lipinski definition) is 1. The molecule has 1 saturated heterocycles. The molecule has 0 aromatic heterocycles. The van der Waals surface area contributed by atoms with E-state index in [1.54, 1.807) is 0 Å². The van der Waals surface area contributed by atoms with Gasteiger partial charge in [-0.3, -0.25) is 4.79 Å². The zero-order valence-corrected chi connectivity index (χ0v) is 8.58. The number of carbonyl (C=O) groups excluding carboxylic acids is 2. The molecule has 1 amide bonds. The van der Waals surface area contributed by atoms with Gasteiger partial charge in [-0.1, -0.05) is 0 Å². The molecule has 48 valence electrons. The first-order chi connectivity index (χ1) is 4.20. The van der Waals surface area contributed by atoms with Crippen LogP contribution in [0.5, 0.6) is 0 Å². The van der Waals surface area contributed by atoms with E-state index in [1.807, 2.05) is 0 Å². The summed E-state index contributed by atoms with van der Waals surface area (Å²) in [7, 11) is 0. The molecule has 0 aliphatic carbocycles. The molecular weight excluding hydrogens is 161 g/mol. The molecule has 1 heterocycles.